The predicted octanol–water partition coefficient (Wildman–Crippen LogP) is 4.73. The number of nitrogens with one attached hydrogen (secondary N) is 1. The molecule has 0 fully saturated rings. The third-order valence-electron chi connectivity index (χ3n) is 4.56. The highest BCUT2D eigenvalue weighted by molar-refractivity contribution is 7.10. The molecule has 1 aromatic carbocycles. The molecule has 0 radical (unpaired) electrons. The van der Waals surface area contributed by atoms with Crippen molar-refractivity contribution in [3.05, 3.63) is 45.6 Å². The van der Waals surface area contributed by atoms with E-state index < -0.39 is 0 Å². The molecule has 0 spiro atoms. The maximum Gasteiger partial charge on any atom is 0.256 e. The van der Waals surface area contributed by atoms with Gasteiger partial charge in [0.2, 0.25) is 0 Å². The molecule has 23 heavy (non-hydrogen) atoms. The van der Waals surface area contributed by atoms with Gasteiger partial charge in [0.15, 0.2) is 0 Å². The fourth-order valence-corrected chi connectivity index (χ4v) is 4.35. The van der Waals surface area contributed by atoms with E-state index in [0.717, 1.165) is 37.2 Å². The Hall–Kier alpha value is -1.81. The normalized spacial score (nSPS) is 13.5. The number of fused-ring (bicyclic) bond motifs is 1. The second kappa shape index (κ2) is 7.18. The number of amides is 1. The molecular formula is C19H24N2OS. The maximum atomic E-state index is 12.6. The van der Waals surface area contributed by atoms with Crippen LogP contribution in [0.15, 0.2) is 29.6 Å². The smallest absolute Gasteiger partial charge is 0.256 e. The molecule has 1 N–H and O–H groups in total. The lowest BCUT2D eigenvalue weighted by Gasteiger charge is -2.21. The van der Waals surface area contributed by atoms with Gasteiger partial charge in [-0.05, 0) is 69.4 Å². The van der Waals surface area contributed by atoms with Crippen molar-refractivity contribution in [2.45, 2.75) is 39.5 Å². The number of hydrogen-bond acceptors (Lipinski definition) is 3. The van der Waals surface area contributed by atoms with E-state index in [1.54, 1.807) is 11.3 Å². The van der Waals surface area contributed by atoms with E-state index in [4.69, 9.17) is 0 Å². The molecule has 1 heterocycles. The Labute approximate surface area is 142 Å². The van der Waals surface area contributed by atoms with Crippen LogP contribution in [-0.4, -0.2) is 19.0 Å². The van der Waals surface area contributed by atoms with Gasteiger partial charge >= 0.3 is 0 Å². The Bertz CT molecular complexity index is 671. The summed E-state index contributed by atoms with van der Waals surface area (Å²) >= 11 is 1.74. The molecule has 0 aliphatic heterocycles. The molecule has 0 atom stereocenters. The molecule has 3 rings (SSSR count). The second-order valence-electron chi connectivity index (χ2n) is 5.93. The minimum Gasteiger partial charge on any atom is -0.372 e. The third kappa shape index (κ3) is 3.42. The number of aryl methyl sites for hydroxylation is 1. The topological polar surface area (TPSA) is 32.3 Å². The first-order valence-electron chi connectivity index (χ1n) is 8.48. The Morgan fingerprint density at radius 1 is 1.13 bits per heavy atom. The van der Waals surface area contributed by atoms with Crippen LogP contribution in [0.5, 0.6) is 0 Å². The van der Waals surface area contributed by atoms with E-state index in [-0.39, 0.29) is 5.91 Å². The van der Waals surface area contributed by atoms with Crippen molar-refractivity contribution >= 4 is 28.6 Å². The van der Waals surface area contributed by atoms with Crippen LogP contribution >= 0.6 is 11.3 Å². The molecule has 1 aliphatic carbocycles. The number of hydrogen-bond donors (Lipinski definition) is 1. The first-order chi connectivity index (χ1) is 11.2. The van der Waals surface area contributed by atoms with Crippen LogP contribution < -0.4 is 10.2 Å². The molecule has 0 bridgehead atoms. The van der Waals surface area contributed by atoms with Crippen LogP contribution in [0.3, 0.4) is 0 Å². The Morgan fingerprint density at radius 2 is 1.83 bits per heavy atom. The van der Waals surface area contributed by atoms with Gasteiger partial charge < -0.3 is 10.2 Å². The third-order valence-corrected chi connectivity index (χ3v) is 5.65. The van der Waals surface area contributed by atoms with Crippen LogP contribution in [0.4, 0.5) is 11.4 Å². The summed E-state index contributed by atoms with van der Waals surface area (Å²) in [4.78, 5) is 16.3. The van der Waals surface area contributed by atoms with Gasteiger partial charge in [0.1, 0.15) is 0 Å². The fraction of sp³-hybridized carbons (Fsp3) is 0.421. The van der Waals surface area contributed by atoms with Gasteiger partial charge in [-0.15, -0.1) is 11.3 Å². The van der Waals surface area contributed by atoms with E-state index in [2.05, 4.69) is 36.2 Å². The number of rotatable bonds is 5. The minimum atomic E-state index is 0.0278. The zero-order valence-electron chi connectivity index (χ0n) is 13.9. The zero-order chi connectivity index (χ0) is 16.2. The summed E-state index contributed by atoms with van der Waals surface area (Å²) < 4.78 is 0. The molecule has 0 unspecified atom stereocenters. The van der Waals surface area contributed by atoms with Crippen LogP contribution in [0.1, 0.15) is 47.5 Å². The lowest BCUT2D eigenvalue weighted by atomic mass is 9.95. The highest BCUT2D eigenvalue weighted by Gasteiger charge is 2.20. The lowest BCUT2D eigenvalue weighted by Crippen LogP contribution is -2.21. The number of carbonyl (C=O) groups excluding carboxylic acids is 1. The SMILES string of the molecule is CCN(CC)c1ccc(NC(=O)c2csc3c2CCCC3)cc1. The van der Waals surface area contributed by atoms with Gasteiger partial charge in [-0.1, -0.05) is 0 Å². The summed E-state index contributed by atoms with van der Waals surface area (Å²) in [5, 5.41) is 5.07. The molecular weight excluding hydrogens is 304 g/mol. The zero-order valence-corrected chi connectivity index (χ0v) is 14.7. The average Bonchev–Trinajstić information content (AvgIpc) is 3.01. The number of carbonyl (C=O) groups is 1. The van der Waals surface area contributed by atoms with Crippen molar-refractivity contribution in [3.8, 4) is 0 Å². The summed E-state index contributed by atoms with van der Waals surface area (Å²) in [6.45, 7) is 6.28. The van der Waals surface area contributed by atoms with Crippen molar-refractivity contribution in [1.29, 1.82) is 0 Å². The summed E-state index contributed by atoms with van der Waals surface area (Å²) in [5.41, 5.74) is 4.21. The van der Waals surface area contributed by atoms with Crippen molar-refractivity contribution in [1.82, 2.24) is 0 Å². The lowest BCUT2D eigenvalue weighted by molar-refractivity contribution is 0.102. The second-order valence-corrected chi connectivity index (χ2v) is 6.90. The molecule has 2 aromatic rings. The van der Waals surface area contributed by atoms with Gasteiger partial charge in [-0.2, -0.15) is 0 Å². The molecule has 0 saturated carbocycles. The summed E-state index contributed by atoms with van der Waals surface area (Å²) in [5.74, 6) is 0.0278. The van der Waals surface area contributed by atoms with Crippen LogP contribution in [0.2, 0.25) is 0 Å². The Morgan fingerprint density at radius 3 is 2.52 bits per heavy atom. The molecule has 1 aromatic heterocycles. The van der Waals surface area contributed by atoms with Crippen molar-refractivity contribution in [2.24, 2.45) is 0 Å². The van der Waals surface area contributed by atoms with E-state index in [9.17, 15) is 4.79 Å². The Kier molecular flexibility index (Phi) is 5.01. The average molecular weight is 328 g/mol. The van der Waals surface area contributed by atoms with E-state index in [0.29, 0.717) is 0 Å². The van der Waals surface area contributed by atoms with Crippen molar-refractivity contribution in [3.63, 3.8) is 0 Å². The van der Waals surface area contributed by atoms with Crippen LogP contribution in [0, 0.1) is 0 Å². The highest BCUT2D eigenvalue weighted by atomic mass is 32.1. The van der Waals surface area contributed by atoms with Crippen molar-refractivity contribution in [2.75, 3.05) is 23.3 Å². The summed E-state index contributed by atoms with van der Waals surface area (Å²) in [6, 6.07) is 8.13. The van der Waals surface area contributed by atoms with E-state index >= 15 is 0 Å². The number of thiophene rings is 1. The van der Waals surface area contributed by atoms with E-state index in [1.165, 1.54) is 29.0 Å². The monoisotopic (exact) mass is 328 g/mol. The number of benzene rings is 1. The minimum absolute atomic E-state index is 0.0278. The van der Waals surface area contributed by atoms with Crippen LogP contribution in [-0.2, 0) is 12.8 Å². The number of anilines is 2. The number of nitrogens with zero attached hydrogens (tertiary/aromatic N) is 1. The summed E-state index contributed by atoms with van der Waals surface area (Å²) in [7, 11) is 0. The van der Waals surface area contributed by atoms with Crippen LogP contribution in [0.25, 0.3) is 0 Å². The first kappa shape index (κ1) is 16.1. The maximum absolute atomic E-state index is 12.6. The van der Waals surface area contributed by atoms with Crippen molar-refractivity contribution < 1.29 is 4.79 Å². The summed E-state index contributed by atoms with van der Waals surface area (Å²) in [6.07, 6.45) is 4.62. The standard InChI is InChI=1S/C19H24N2OS/c1-3-21(4-2)15-11-9-14(10-12-15)20-19(22)17-13-23-18-8-6-5-7-16(17)18/h9-13H,3-8H2,1-2H3,(H,20,22). The quantitative estimate of drug-likeness (QED) is 0.861. The van der Waals surface area contributed by atoms with Gasteiger partial charge in [-0.3, -0.25) is 4.79 Å². The molecule has 1 aliphatic rings. The molecule has 122 valence electrons. The Balaban J connectivity index is 1.72. The largest absolute Gasteiger partial charge is 0.372 e. The fourth-order valence-electron chi connectivity index (χ4n) is 3.23. The van der Waals surface area contributed by atoms with Gasteiger partial charge in [0.25, 0.3) is 5.91 Å². The molecule has 1 amide bonds. The van der Waals surface area contributed by atoms with Gasteiger partial charge in [-0.25, -0.2) is 0 Å². The van der Waals surface area contributed by atoms with E-state index in [1.807, 2.05) is 17.5 Å². The highest BCUT2D eigenvalue weighted by Crippen LogP contribution is 2.30. The molecule has 3 nitrogen and oxygen atoms in total. The van der Waals surface area contributed by atoms with Gasteiger partial charge in [0.05, 0.1) is 5.56 Å². The predicted molar refractivity (Wildman–Crippen MR) is 98.9 cm³/mol. The molecule has 0 saturated heterocycles. The van der Waals surface area contributed by atoms with Gasteiger partial charge in [0, 0.05) is 34.7 Å². The first-order valence-corrected chi connectivity index (χ1v) is 9.36. The molecule has 4 heteroatoms.